The molecule has 4 aromatic rings. The molecule has 4 rings (SSSR count). The molecule has 0 aliphatic rings. The number of carboxylic acids is 1. The summed E-state index contributed by atoms with van der Waals surface area (Å²) in [6, 6.07) is 17.8. The third-order valence-corrected chi connectivity index (χ3v) is 5.29. The molecule has 8 heteroatoms. The van der Waals surface area contributed by atoms with Gasteiger partial charge in [-0.1, -0.05) is 55.8 Å². The maximum atomic E-state index is 11.1. The molecule has 3 heterocycles. The lowest BCUT2D eigenvalue weighted by atomic mass is 9.91. The van der Waals surface area contributed by atoms with Crippen LogP contribution < -0.4 is 5.32 Å². The van der Waals surface area contributed by atoms with Crippen molar-refractivity contribution in [2.45, 2.75) is 39.7 Å². The Kier molecular flexibility index (Phi) is 6.40. The highest BCUT2D eigenvalue weighted by Gasteiger charge is 2.16. The summed E-state index contributed by atoms with van der Waals surface area (Å²) in [7, 11) is 0. The second-order valence-corrected chi connectivity index (χ2v) is 9.31. The van der Waals surface area contributed by atoms with Crippen molar-refractivity contribution in [3.8, 4) is 22.5 Å². The number of carboxylic acid groups (broad SMARTS) is 1. The van der Waals surface area contributed by atoms with Crippen molar-refractivity contribution in [3.05, 3.63) is 77.7 Å². The van der Waals surface area contributed by atoms with Gasteiger partial charge in [-0.15, -0.1) is 5.10 Å². The molecule has 0 amide bonds. The van der Waals surface area contributed by atoms with Crippen molar-refractivity contribution in [2.75, 3.05) is 11.9 Å². The van der Waals surface area contributed by atoms with Gasteiger partial charge in [-0.3, -0.25) is 9.78 Å². The van der Waals surface area contributed by atoms with Crippen LogP contribution >= 0.6 is 0 Å². The second kappa shape index (κ2) is 9.43. The molecule has 34 heavy (non-hydrogen) atoms. The smallest absolute Gasteiger partial charge is 0.322 e. The number of carbonyl (C=O) groups is 1. The molecule has 0 saturated carbocycles. The van der Waals surface area contributed by atoms with E-state index in [-0.39, 0.29) is 12.0 Å². The van der Waals surface area contributed by atoms with Gasteiger partial charge in [0.1, 0.15) is 18.1 Å². The molecule has 2 N–H and O–H groups in total. The van der Waals surface area contributed by atoms with Crippen molar-refractivity contribution in [1.82, 2.24) is 25.0 Å². The van der Waals surface area contributed by atoms with Gasteiger partial charge in [0.25, 0.3) is 0 Å². The molecule has 0 spiro atoms. The fourth-order valence-corrected chi connectivity index (χ4v) is 3.55. The molecule has 174 valence electrons. The lowest BCUT2D eigenvalue weighted by Crippen LogP contribution is -2.15. The number of hydrogen-bond donors (Lipinski definition) is 2. The molecular weight excluding hydrogens is 428 g/mol. The average molecular weight is 457 g/mol. The highest BCUT2D eigenvalue weighted by molar-refractivity contribution is 5.75. The normalized spacial score (nSPS) is 11.4. The number of aliphatic carboxylic acids is 1. The summed E-state index contributed by atoms with van der Waals surface area (Å²) in [6.45, 7) is 8.70. The first kappa shape index (κ1) is 23.1. The molecule has 1 aromatic carbocycles. The van der Waals surface area contributed by atoms with Gasteiger partial charge in [-0.2, -0.15) is 0 Å². The van der Waals surface area contributed by atoms with Crippen molar-refractivity contribution < 1.29 is 9.90 Å². The van der Waals surface area contributed by atoms with E-state index in [0.29, 0.717) is 18.1 Å². The molecule has 0 radical (unpaired) electrons. The summed E-state index contributed by atoms with van der Waals surface area (Å²) in [5.41, 5.74) is 6.13. The molecular formula is C26H28N6O2. The summed E-state index contributed by atoms with van der Waals surface area (Å²) in [6.07, 6.45) is 1.86. The number of hydrogen-bond acceptors (Lipinski definition) is 6. The average Bonchev–Trinajstić information content (AvgIpc) is 3.26. The molecule has 0 aliphatic carbocycles. The Labute approximate surface area is 198 Å². The van der Waals surface area contributed by atoms with E-state index in [1.54, 1.807) is 10.7 Å². The topological polar surface area (TPSA) is 106 Å². The largest absolute Gasteiger partial charge is 0.480 e. The quantitative estimate of drug-likeness (QED) is 0.420. The lowest BCUT2D eigenvalue weighted by Gasteiger charge is -2.18. The van der Waals surface area contributed by atoms with Crippen molar-refractivity contribution in [1.29, 1.82) is 0 Å². The van der Waals surface area contributed by atoms with Crippen LogP contribution in [0.15, 0.2) is 60.8 Å². The molecule has 0 bridgehead atoms. The van der Waals surface area contributed by atoms with Crippen LogP contribution in [-0.4, -0.2) is 42.6 Å². The highest BCUT2D eigenvalue weighted by Crippen LogP contribution is 2.27. The van der Waals surface area contributed by atoms with Crippen LogP contribution in [0.5, 0.6) is 0 Å². The molecule has 3 aromatic heterocycles. The Morgan fingerprint density at radius 2 is 1.79 bits per heavy atom. The highest BCUT2D eigenvalue weighted by atomic mass is 16.4. The fraction of sp³-hybridized carbons (Fsp3) is 0.269. The molecule has 8 nitrogen and oxygen atoms in total. The Balaban J connectivity index is 1.65. The first-order valence-corrected chi connectivity index (χ1v) is 11.1. The van der Waals surface area contributed by atoms with E-state index in [4.69, 9.17) is 10.1 Å². The van der Waals surface area contributed by atoms with Crippen molar-refractivity contribution >= 4 is 11.8 Å². The van der Waals surface area contributed by atoms with Gasteiger partial charge in [-0.25, -0.2) is 9.67 Å². The van der Waals surface area contributed by atoms with Gasteiger partial charge < -0.3 is 10.4 Å². The zero-order valence-corrected chi connectivity index (χ0v) is 19.8. The van der Waals surface area contributed by atoms with Crippen LogP contribution in [-0.2, 0) is 16.8 Å². The summed E-state index contributed by atoms with van der Waals surface area (Å²) in [5.74, 6) is -0.495. The zero-order chi connectivity index (χ0) is 24.3. The number of anilines is 1. The molecule has 0 aliphatic heterocycles. The van der Waals surface area contributed by atoms with Crippen LogP contribution in [0.3, 0.4) is 0 Å². The number of nitrogens with zero attached hydrogens (tertiary/aromatic N) is 5. The maximum absolute atomic E-state index is 11.1. The monoisotopic (exact) mass is 456 g/mol. The minimum Gasteiger partial charge on any atom is -0.480 e. The summed E-state index contributed by atoms with van der Waals surface area (Å²) in [4.78, 5) is 20.5. The number of aromatic nitrogens is 5. The van der Waals surface area contributed by atoms with Crippen LogP contribution in [0.4, 0.5) is 5.82 Å². The van der Waals surface area contributed by atoms with Gasteiger partial charge in [0, 0.05) is 22.2 Å². The molecule has 0 unspecified atom stereocenters. The van der Waals surface area contributed by atoms with Gasteiger partial charge >= 0.3 is 5.97 Å². The Bertz CT molecular complexity index is 1320. The van der Waals surface area contributed by atoms with Crippen LogP contribution in [0.2, 0.25) is 0 Å². The SMILES string of the molecule is Cc1cccc(-c2cc(-c3cn(Cc4cccc(C(C)(C)C)n4)nn3)cc(NCC(=O)O)n2)c1. The number of rotatable bonds is 7. The lowest BCUT2D eigenvalue weighted by molar-refractivity contribution is -0.134. The van der Waals surface area contributed by atoms with Crippen LogP contribution in [0, 0.1) is 6.92 Å². The van der Waals surface area contributed by atoms with E-state index < -0.39 is 5.97 Å². The van der Waals surface area contributed by atoms with E-state index in [1.165, 1.54) is 0 Å². The fourth-order valence-electron chi connectivity index (χ4n) is 3.55. The Hall–Kier alpha value is -4.07. The number of pyridine rings is 2. The minimum atomic E-state index is -0.958. The number of aryl methyl sites for hydroxylation is 1. The predicted molar refractivity (Wildman–Crippen MR) is 132 cm³/mol. The van der Waals surface area contributed by atoms with Crippen molar-refractivity contribution in [2.24, 2.45) is 0 Å². The van der Waals surface area contributed by atoms with Gasteiger partial charge in [0.05, 0.1) is 24.1 Å². The van der Waals surface area contributed by atoms with Crippen molar-refractivity contribution in [3.63, 3.8) is 0 Å². The maximum Gasteiger partial charge on any atom is 0.322 e. The molecule has 0 atom stereocenters. The minimum absolute atomic E-state index is 0.0356. The first-order valence-electron chi connectivity index (χ1n) is 11.1. The first-order chi connectivity index (χ1) is 16.2. The zero-order valence-electron chi connectivity index (χ0n) is 19.8. The standard InChI is InChI=1S/C26H28N6O2/c1-17-7-5-8-18(11-17)21-12-19(13-24(29-21)27-14-25(33)34)22-16-32(31-30-22)15-20-9-6-10-23(28-20)26(2,3)4/h5-13,16H,14-15H2,1-4H3,(H,27,29)(H,33,34). The van der Waals surface area contributed by atoms with E-state index in [9.17, 15) is 4.79 Å². The molecule has 0 fully saturated rings. The second-order valence-electron chi connectivity index (χ2n) is 9.31. The number of nitrogens with one attached hydrogen (secondary N) is 1. The van der Waals surface area contributed by atoms with Crippen LogP contribution in [0.25, 0.3) is 22.5 Å². The van der Waals surface area contributed by atoms with Gasteiger partial charge in [0.2, 0.25) is 0 Å². The van der Waals surface area contributed by atoms with E-state index >= 15 is 0 Å². The molecule has 0 saturated heterocycles. The van der Waals surface area contributed by atoms with E-state index in [1.807, 2.05) is 61.7 Å². The Morgan fingerprint density at radius 3 is 2.53 bits per heavy atom. The summed E-state index contributed by atoms with van der Waals surface area (Å²) in [5, 5.41) is 20.6. The summed E-state index contributed by atoms with van der Waals surface area (Å²) >= 11 is 0. The third kappa shape index (κ3) is 5.64. The third-order valence-electron chi connectivity index (χ3n) is 5.29. The van der Waals surface area contributed by atoms with Gasteiger partial charge in [0.15, 0.2) is 0 Å². The van der Waals surface area contributed by atoms with E-state index in [2.05, 4.69) is 41.4 Å². The van der Waals surface area contributed by atoms with Crippen LogP contribution in [0.1, 0.15) is 37.7 Å². The number of benzene rings is 1. The summed E-state index contributed by atoms with van der Waals surface area (Å²) < 4.78 is 1.75. The Morgan fingerprint density at radius 1 is 1.00 bits per heavy atom. The predicted octanol–water partition coefficient (Wildman–Crippen LogP) is 4.55. The van der Waals surface area contributed by atoms with E-state index in [0.717, 1.165) is 33.8 Å². The van der Waals surface area contributed by atoms with Gasteiger partial charge in [-0.05, 0) is 37.3 Å².